The van der Waals surface area contributed by atoms with Crippen molar-refractivity contribution in [2.45, 2.75) is 27.3 Å². The lowest BCUT2D eigenvalue weighted by atomic mass is 10.1. The number of aryl methyl sites for hydroxylation is 3. The van der Waals surface area contributed by atoms with Gasteiger partial charge >= 0.3 is 0 Å². The van der Waals surface area contributed by atoms with Gasteiger partial charge in [-0.3, -0.25) is 0 Å². The van der Waals surface area contributed by atoms with E-state index in [4.69, 9.17) is 0 Å². The molecule has 1 heterocycles. The number of nitrogens with one attached hydrogen (secondary N) is 2. The number of hydrogen-bond donors (Lipinski definition) is 2. The van der Waals surface area contributed by atoms with Crippen LogP contribution in [-0.4, -0.2) is 9.97 Å². The second-order valence-corrected chi connectivity index (χ2v) is 5.34. The number of imidazole rings is 1. The Balaban J connectivity index is 1.80. The zero-order valence-corrected chi connectivity index (χ0v) is 12.1. The number of aromatic amines is 1. The third kappa shape index (κ3) is 2.52. The van der Waals surface area contributed by atoms with Crippen molar-refractivity contribution in [3.8, 4) is 0 Å². The maximum absolute atomic E-state index is 4.41. The van der Waals surface area contributed by atoms with E-state index in [0.717, 1.165) is 29.1 Å². The van der Waals surface area contributed by atoms with Gasteiger partial charge in [0.05, 0.1) is 11.0 Å². The number of fused-ring (bicyclic) bond motifs is 1. The maximum atomic E-state index is 4.41. The number of nitrogens with zero attached hydrogens (tertiary/aromatic N) is 1. The molecule has 3 rings (SSSR count). The van der Waals surface area contributed by atoms with Crippen molar-refractivity contribution in [1.29, 1.82) is 0 Å². The second-order valence-electron chi connectivity index (χ2n) is 5.34. The highest BCUT2D eigenvalue weighted by atomic mass is 14.9. The Morgan fingerprint density at radius 1 is 1.05 bits per heavy atom. The molecule has 0 amide bonds. The Hall–Kier alpha value is -2.29. The van der Waals surface area contributed by atoms with Crippen LogP contribution >= 0.6 is 0 Å². The number of aromatic nitrogens is 2. The molecular weight excluding hydrogens is 246 g/mol. The molecule has 3 aromatic rings. The van der Waals surface area contributed by atoms with E-state index in [2.05, 4.69) is 59.5 Å². The Bertz CT molecular complexity index is 756. The first-order valence-corrected chi connectivity index (χ1v) is 6.88. The molecule has 0 spiro atoms. The van der Waals surface area contributed by atoms with Crippen molar-refractivity contribution in [3.05, 3.63) is 58.9 Å². The summed E-state index contributed by atoms with van der Waals surface area (Å²) in [5.74, 6) is 0.951. The normalized spacial score (nSPS) is 10.9. The fourth-order valence-corrected chi connectivity index (χ4v) is 2.44. The molecule has 0 radical (unpaired) electrons. The molecule has 20 heavy (non-hydrogen) atoms. The molecule has 102 valence electrons. The van der Waals surface area contributed by atoms with E-state index in [1.807, 2.05) is 13.0 Å². The SMILES string of the molecule is Cc1ccc(C)c(CNc2ccc3nc(C)[nH]c3c2)c1. The van der Waals surface area contributed by atoms with Crippen molar-refractivity contribution in [1.82, 2.24) is 9.97 Å². The van der Waals surface area contributed by atoms with Gasteiger partial charge in [-0.1, -0.05) is 23.8 Å². The van der Waals surface area contributed by atoms with E-state index < -0.39 is 0 Å². The molecule has 0 saturated heterocycles. The van der Waals surface area contributed by atoms with Crippen LogP contribution in [0.3, 0.4) is 0 Å². The summed E-state index contributed by atoms with van der Waals surface area (Å²) in [6.45, 7) is 7.09. The standard InChI is InChI=1S/C17H19N3/c1-11-4-5-12(2)14(8-11)10-18-15-6-7-16-17(9-15)20-13(3)19-16/h4-9,18H,10H2,1-3H3,(H,19,20). The number of anilines is 1. The van der Waals surface area contributed by atoms with Crippen LogP contribution in [0.5, 0.6) is 0 Å². The van der Waals surface area contributed by atoms with Gasteiger partial charge in [-0.25, -0.2) is 4.98 Å². The van der Waals surface area contributed by atoms with Crippen molar-refractivity contribution in [2.24, 2.45) is 0 Å². The summed E-state index contributed by atoms with van der Waals surface area (Å²) in [5, 5.41) is 3.48. The summed E-state index contributed by atoms with van der Waals surface area (Å²) in [6, 6.07) is 12.8. The van der Waals surface area contributed by atoms with E-state index in [9.17, 15) is 0 Å². The summed E-state index contributed by atoms with van der Waals surface area (Å²) < 4.78 is 0. The lowest BCUT2D eigenvalue weighted by molar-refractivity contribution is 1.11. The Morgan fingerprint density at radius 3 is 2.75 bits per heavy atom. The van der Waals surface area contributed by atoms with Gasteiger partial charge < -0.3 is 10.3 Å². The van der Waals surface area contributed by atoms with Gasteiger partial charge in [-0.15, -0.1) is 0 Å². The highest BCUT2D eigenvalue weighted by Crippen LogP contribution is 2.19. The molecule has 3 heteroatoms. The molecule has 3 nitrogen and oxygen atoms in total. The fraction of sp³-hybridized carbons (Fsp3) is 0.235. The van der Waals surface area contributed by atoms with Crippen LogP contribution in [0.15, 0.2) is 36.4 Å². The Labute approximate surface area is 119 Å². The molecule has 1 aromatic heterocycles. The van der Waals surface area contributed by atoms with E-state index in [1.165, 1.54) is 16.7 Å². The van der Waals surface area contributed by atoms with E-state index >= 15 is 0 Å². The Kier molecular flexibility index (Phi) is 3.18. The Morgan fingerprint density at radius 2 is 1.90 bits per heavy atom. The first kappa shape index (κ1) is 12.7. The maximum Gasteiger partial charge on any atom is 0.104 e. The monoisotopic (exact) mass is 265 g/mol. The lowest BCUT2D eigenvalue weighted by Crippen LogP contribution is -2.01. The topological polar surface area (TPSA) is 40.7 Å². The van der Waals surface area contributed by atoms with Crippen LogP contribution in [0, 0.1) is 20.8 Å². The van der Waals surface area contributed by atoms with Gasteiger partial charge in [0, 0.05) is 12.2 Å². The molecule has 0 aliphatic rings. The molecule has 0 unspecified atom stereocenters. The summed E-state index contributed by atoms with van der Waals surface area (Å²) in [7, 11) is 0. The first-order valence-electron chi connectivity index (χ1n) is 6.88. The average Bonchev–Trinajstić information content (AvgIpc) is 2.79. The molecule has 2 aromatic carbocycles. The minimum absolute atomic E-state index is 0.839. The molecule has 2 N–H and O–H groups in total. The van der Waals surface area contributed by atoms with Crippen molar-refractivity contribution < 1.29 is 0 Å². The number of hydrogen-bond acceptors (Lipinski definition) is 2. The van der Waals surface area contributed by atoms with Crippen LogP contribution < -0.4 is 5.32 Å². The van der Waals surface area contributed by atoms with Crippen molar-refractivity contribution >= 4 is 16.7 Å². The van der Waals surface area contributed by atoms with Gasteiger partial charge in [0.25, 0.3) is 0 Å². The lowest BCUT2D eigenvalue weighted by Gasteiger charge is -2.10. The smallest absolute Gasteiger partial charge is 0.104 e. The van der Waals surface area contributed by atoms with Gasteiger partial charge in [-0.05, 0) is 50.1 Å². The summed E-state index contributed by atoms with van der Waals surface area (Å²) in [6.07, 6.45) is 0. The fourth-order valence-electron chi connectivity index (χ4n) is 2.44. The van der Waals surface area contributed by atoms with Crippen LogP contribution in [-0.2, 0) is 6.54 Å². The summed E-state index contributed by atoms with van der Waals surface area (Å²) >= 11 is 0. The molecule has 0 saturated carbocycles. The predicted octanol–water partition coefficient (Wildman–Crippen LogP) is 4.10. The number of rotatable bonds is 3. The number of H-pyrrole nitrogens is 1. The minimum atomic E-state index is 0.839. The zero-order valence-electron chi connectivity index (χ0n) is 12.1. The first-order chi connectivity index (χ1) is 9.61. The van der Waals surface area contributed by atoms with Gasteiger partial charge in [0.15, 0.2) is 0 Å². The molecule has 0 aliphatic heterocycles. The van der Waals surface area contributed by atoms with E-state index in [1.54, 1.807) is 0 Å². The molecule has 0 fully saturated rings. The molecule has 0 bridgehead atoms. The van der Waals surface area contributed by atoms with E-state index in [-0.39, 0.29) is 0 Å². The highest BCUT2D eigenvalue weighted by Gasteiger charge is 2.02. The predicted molar refractivity (Wildman–Crippen MR) is 84.1 cm³/mol. The zero-order chi connectivity index (χ0) is 14.1. The van der Waals surface area contributed by atoms with E-state index in [0.29, 0.717) is 0 Å². The summed E-state index contributed by atoms with van der Waals surface area (Å²) in [5.41, 5.74) is 7.16. The van der Waals surface area contributed by atoms with Crippen LogP contribution in [0.25, 0.3) is 11.0 Å². The molecule has 0 atom stereocenters. The minimum Gasteiger partial charge on any atom is -0.381 e. The third-order valence-corrected chi connectivity index (χ3v) is 3.59. The van der Waals surface area contributed by atoms with Crippen molar-refractivity contribution in [3.63, 3.8) is 0 Å². The average molecular weight is 265 g/mol. The quantitative estimate of drug-likeness (QED) is 0.748. The second kappa shape index (κ2) is 5.00. The van der Waals surface area contributed by atoms with Gasteiger partial charge in [-0.2, -0.15) is 0 Å². The van der Waals surface area contributed by atoms with Crippen LogP contribution in [0.4, 0.5) is 5.69 Å². The third-order valence-electron chi connectivity index (χ3n) is 3.59. The van der Waals surface area contributed by atoms with Crippen LogP contribution in [0.2, 0.25) is 0 Å². The van der Waals surface area contributed by atoms with Gasteiger partial charge in [0.1, 0.15) is 5.82 Å². The van der Waals surface area contributed by atoms with Crippen LogP contribution in [0.1, 0.15) is 22.5 Å². The summed E-state index contributed by atoms with van der Waals surface area (Å²) in [4.78, 5) is 7.68. The molecule has 0 aliphatic carbocycles. The number of benzene rings is 2. The largest absolute Gasteiger partial charge is 0.381 e. The molecular formula is C17H19N3. The van der Waals surface area contributed by atoms with Crippen molar-refractivity contribution in [2.75, 3.05) is 5.32 Å². The highest BCUT2D eigenvalue weighted by molar-refractivity contribution is 5.79. The van der Waals surface area contributed by atoms with Gasteiger partial charge in [0.2, 0.25) is 0 Å².